The van der Waals surface area contributed by atoms with Crippen LogP contribution in [0.4, 0.5) is 5.69 Å². The molecule has 3 aromatic rings. The zero-order chi connectivity index (χ0) is 17.2. The first-order valence-corrected chi connectivity index (χ1v) is 8.48. The van der Waals surface area contributed by atoms with Crippen molar-refractivity contribution in [2.75, 3.05) is 5.32 Å². The molecule has 0 spiro atoms. The van der Waals surface area contributed by atoms with Gasteiger partial charge in [-0.1, -0.05) is 0 Å². The summed E-state index contributed by atoms with van der Waals surface area (Å²) in [5.74, 6) is 1.37. The van der Waals surface area contributed by atoms with E-state index in [0.29, 0.717) is 11.3 Å². The van der Waals surface area contributed by atoms with Crippen molar-refractivity contribution in [2.45, 2.75) is 32.4 Å². The number of rotatable bonds is 4. The Balaban J connectivity index is 0.00000131. The van der Waals surface area contributed by atoms with E-state index in [2.05, 4.69) is 14.9 Å². The Bertz CT molecular complexity index is 903. The molecule has 0 aliphatic carbocycles. The molecule has 0 bridgehead atoms. The number of nitrogens with zero attached hydrogens (tertiary/aromatic N) is 2. The number of furan rings is 1. The van der Waals surface area contributed by atoms with Crippen LogP contribution in [0, 0.1) is 0 Å². The van der Waals surface area contributed by atoms with E-state index < -0.39 is 0 Å². The molecule has 8 heteroatoms. The van der Waals surface area contributed by atoms with Crippen LogP contribution in [0.2, 0.25) is 0 Å². The first-order chi connectivity index (χ1) is 12.2. The van der Waals surface area contributed by atoms with Crippen LogP contribution in [-0.2, 0) is 19.5 Å². The molecule has 4 rings (SSSR count). The van der Waals surface area contributed by atoms with E-state index in [9.17, 15) is 4.79 Å². The summed E-state index contributed by atoms with van der Waals surface area (Å²) >= 11 is 0. The maximum absolute atomic E-state index is 12.2. The van der Waals surface area contributed by atoms with E-state index in [4.69, 9.17) is 10.2 Å². The normalized spacial score (nSPS) is 12.5. The lowest BCUT2D eigenvalue weighted by atomic mass is 10.1. The summed E-state index contributed by atoms with van der Waals surface area (Å²) in [6.07, 6.45) is 6.91. The first-order valence-electron chi connectivity index (χ1n) is 8.48. The molecule has 0 saturated heterocycles. The van der Waals surface area contributed by atoms with Gasteiger partial charge in [0.2, 0.25) is 0 Å². The molecule has 0 atom stereocenters. The smallest absolute Gasteiger partial charge is 0.258 e. The van der Waals surface area contributed by atoms with Gasteiger partial charge in [-0.05, 0) is 49.6 Å². The third kappa shape index (κ3) is 4.35. The van der Waals surface area contributed by atoms with Gasteiger partial charge in [0.25, 0.3) is 5.91 Å². The highest BCUT2D eigenvalue weighted by atomic mass is 35.5. The minimum Gasteiger partial charge on any atom is -0.467 e. The number of anilines is 1. The molecule has 1 aliphatic heterocycles. The number of halogens is 2. The minimum absolute atomic E-state index is 0. The molecular formula is C19H22Cl2N4O2. The predicted molar refractivity (Wildman–Crippen MR) is 110 cm³/mol. The second-order valence-electron chi connectivity index (χ2n) is 6.22. The largest absolute Gasteiger partial charge is 0.467 e. The van der Waals surface area contributed by atoms with Gasteiger partial charge in [-0.25, -0.2) is 4.98 Å². The van der Waals surface area contributed by atoms with Crippen molar-refractivity contribution >= 4 is 36.4 Å². The second-order valence-corrected chi connectivity index (χ2v) is 6.22. The lowest BCUT2D eigenvalue weighted by molar-refractivity contribution is 0.102. The van der Waals surface area contributed by atoms with E-state index in [0.717, 1.165) is 30.0 Å². The Morgan fingerprint density at radius 2 is 2.00 bits per heavy atom. The molecule has 1 aliphatic rings. The lowest BCUT2D eigenvalue weighted by Gasteiger charge is -2.16. The molecule has 3 N–H and O–H groups in total. The minimum atomic E-state index is -0.214. The summed E-state index contributed by atoms with van der Waals surface area (Å²) in [7, 11) is 0. The fourth-order valence-corrected chi connectivity index (χ4v) is 3.18. The predicted octanol–water partition coefficient (Wildman–Crippen LogP) is 4.03. The maximum Gasteiger partial charge on any atom is 0.258 e. The Kier molecular flexibility index (Phi) is 7.07. The van der Waals surface area contributed by atoms with E-state index in [1.165, 1.54) is 24.8 Å². The molecule has 1 aromatic carbocycles. The van der Waals surface area contributed by atoms with Gasteiger partial charge < -0.3 is 20.0 Å². The van der Waals surface area contributed by atoms with Crippen LogP contribution in [0.5, 0.6) is 0 Å². The summed E-state index contributed by atoms with van der Waals surface area (Å²) in [4.78, 5) is 16.8. The van der Waals surface area contributed by atoms with Gasteiger partial charge in [-0.3, -0.25) is 4.79 Å². The number of fused-ring (bicyclic) bond motifs is 1. The first kappa shape index (κ1) is 21.0. The zero-order valence-corrected chi connectivity index (χ0v) is 16.3. The van der Waals surface area contributed by atoms with Gasteiger partial charge in [0.05, 0.1) is 12.1 Å². The highest BCUT2D eigenvalue weighted by Gasteiger charge is 2.15. The van der Waals surface area contributed by atoms with Crippen molar-refractivity contribution in [1.82, 2.24) is 9.55 Å². The summed E-state index contributed by atoms with van der Waals surface area (Å²) in [6.45, 7) is 1.30. The molecular weight excluding hydrogens is 387 g/mol. The molecule has 27 heavy (non-hydrogen) atoms. The number of nitrogens with one attached hydrogen (secondary N) is 1. The Morgan fingerprint density at radius 3 is 2.70 bits per heavy atom. The molecule has 144 valence electrons. The number of amides is 1. The Labute approximate surface area is 170 Å². The van der Waals surface area contributed by atoms with Crippen molar-refractivity contribution < 1.29 is 9.21 Å². The van der Waals surface area contributed by atoms with Crippen LogP contribution in [0.25, 0.3) is 11.4 Å². The van der Waals surface area contributed by atoms with Gasteiger partial charge in [0.1, 0.15) is 17.8 Å². The molecule has 0 saturated carbocycles. The quantitative estimate of drug-likeness (QED) is 0.681. The summed E-state index contributed by atoms with van der Waals surface area (Å²) in [5, 5.41) is 2.86. The van der Waals surface area contributed by atoms with Crippen molar-refractivity contribution in [2.24, 2.45) is 5.73 Å². The highest BCUT2D eigenvalue weighted by molar-refractivity contribution is 6.04. The SMILES string of the molecule is Cl.Cl.NCc1cc(C(=O)Nc2ccc(-c3ncc4n3CCCC4)cc2)co1. The van der Waals surface area contributed by atoms with Crippen LogP contribution >= 0.6 is 24.8 Å². The van der Waals surface area contributed by atoms with Gasteiger partial charge in [-0.15, -0.1) is 24.8 Å². The van der Waals surface area contributed by atoms with Crippen molar-refractivity contribution in [3.05, 3.63) is 59.8 Å². The fraction of sp³-hybridized carbons (Fsp3) is 0.263. The average molecular weight is 409 g/mol. The van der Waals surface area contributed by atoms with Gasteiger partial charge >= 0.3 is 0 Å². The summed E-state index contributed by atoms with van der Waals surface area (Å²) in [6, 6.07) is 9.41. The van der Waals surface area contributed by atoms with E-state index in [-0.39, 0.29) is 37.3 Å². The number of carbonyl (C=O) groups excluding carboxylic acids is 1. The van der Waals surface area contributed by atoms with Gasteiger partial charge in [0.15, 0.2) is 0 Å². The average Bonchev–Trinajstić information content (AvgIpc) is 3.29. The fourth-order valence-electron chi connectivity index (χ4n) is 3.18. The van der Waals surface area contributed by atoms with Crippen LogP contribution in [0.1, 0.15) is 34.7 Å². The van der Waals surface area contributed by atoms with Crippen LogP contribution in [-0.4, -0.2) is 15.5 Å². The van der Waals surface area contributed by atoms with Gasteiger partial charge in [-0.2, -0.15) is 0 Å². The number of carbonyl (C=O) groups is 1. The van der Waals surface area contributed by atoms with Crippen molar-refractivity contribution in [1.29, 1.82) is 0 Å². The number of imidazole rings is 1. The third-order valence-corrected chi connectivity index (χ3v) is 4.52. The maximum atomic E-state index is 12.2. The van der Waals surface area contributed by atoms with E-state index in [1.807, 2.05) is 30.5 Å². The van der Waals surface area contributed by atoms with E-state index in [1.54, 1.807) is 6.07 Å². The molecule has 3 heterocycles. The summed E-state index contributed by atoms with van der Waals surface area (Å²) in [5.41, 5.74) is 9.05. The number of aromatic nitrogens is 2. The van der Waals surface area contributed by atoms with Crippen molar-refractivity contribution in [3.63, 3.8) is 0 Å². The van der Waals surface area contributed by atoms with Crippen LogP contribution in [0.15, 0.2) is 47.2 Å². The zero-order valence-electron chi connectivity index (χ0n) is 14.7. The molecule has 6 nitrogen and oxygen atoms in total. The number of aryl methyl sites for hydroxylation is 1. The van der Waals surface area contributed by atoms with E-state index >= 15 is 0 Å². The molecule has 1 amide bonds. The standard InChI is InChI=1S/C19H20N4O2.2ClH/c20-10-17-9-14(12-25-17)19(24)22-15-6-4-13(5-7-15)18-21-11-16-3-1-2-8-23(16)18;;/h4-7,9,11-12H,1-3,8,10,20H2,(H,22,24);2*1H. The molecule has 2 aromatic heterocycles. The lowest BCUT2D eigenvalue weighted by Crippen LogP contribution is -2.11. The Morgan fingerprint density at radius 1 is 1.22 bits per heavy atom. The Hall–Kier alpha value is -2.28. The number of hydrogen-bond donors (Lipinski definition) is 2. The molecule has 0 fully saturated rings. The number of nitrogens with two attached hydrogens (primary N) is 1. The molecule has 0 unspecified atom stereocenters. The van der Waals surface area contributed by atoms with Gasteiger partial charge in [0, 0.05) is 29.7 Å². The third-order valence-electron chi connectivity index (χ3n) is 4.52. The van der Waals surface area contributed by atoms with Crippen LogP contribution < -0.4 is 11.1 Å². The number of benzene rings is 1. The highest BCUT2D eigenvalue weighted by Crippen LogP contribution is 2.25. The topological polar surface area (TPSA) is 86.1 Å². The number of hydrogen-bond acceptors (Lipinski definition) is 4. The van der Waals surface area contributed by atoms with Crippen LogP contribution in [0.3, 0.4) is 0 Å². The second kappa shape index (κ2) is 9.08. The molecule has 0 radical (unpaired) electrons. The van der Waals surface area contributed by atoms with Crippen molar-refractivity contribution in [3.8, 4) is 11.4 Å². The summed E-state index contributed by atoms with van der Waals surface area (Å²) < 4.78 is 7.49. The monoisotopic (exact) mass is 408 g/mol.